The van der Waals surface area contributed by atoms with Gasteiger partial charge in [0, 0.05) is 26.2 Å². The Kier molecular flexibility index (Phi) is 4.84. The normalized spacial score (nSPS) is 19.2. The molecule has 1 saturated heterocycles. The third-order valence-electron chi connectivity index (χ3n) is 3.12. The smallest absolute Gasteiger partial charge is 0.410 e. The van der Waals surface area contributed by atoms with Crippen molar-refractivity contribution in [3.05, 3.63) is 0 Å². The SMILES string of the molecule is CN(C(=O)OC(C)(C)C)C1CCN(S(C)(=O)=O)CC1. The van der Waals surface area contributed by atoms with E-state index in [-0.39, 0.29) is 12.1 Å². The Hall–Kier alpha value is -0.820. The zero-order valence-corrected chi connectivity index (χ0v) is 13.2. The Morgan fingerprint density at radius 1 is 1.26 bits per heavy atom. The fraction of sp³-hybridized carbons (Fsp3) is 0.917. The van der Waals surface area contributed by atoms with E-state index >= 15 is 0 Å². The lowest BCUT2D eigenvalue weighted by molar-refractivity contribution is 0.0178. The van der Waals surface area contributed by atoms with Gasteiger partial charge in [-0.15, -0.1) is 0 Å². The van der Waals surface area contributed by atoms with Crippen LogP contribution in [-0.2, 0) is 14.8 Å². The van der Waals surface area contributed by atoms with Crippen LogP contribution in [0.15, 0.2) is 0 Å². The van der Waals surface area contributed by atoms with Gasteiger partial charge >= 0.3 is 6.09 Å². The summed E-state index contributed by atoms with van der Waals surface area (Å²) in [5.74, 6) is 0. The Morgan fingerprint density at radius 2 is 1.74 bits per heavy atom. The number of sulfonamides is 1. The van der Waals surface area contributed by atoms with E-state index in [9.17, 15) is 13.2 Å². The van der Waals surface area contributed by atoms with Crippen molar-refractivity contribution in [3.8, 4) is 0 Å². The van der Waals surface area contributed by atoms with Crippen molar-refractivity contribution in [1.29, 1.82) is 0 Å². The zero-order chi connectivity index (χ0) is 14.8. The van der Waals surface area contributed by atoms with E-state index in [1.54, 1.807) is 11.9 Å². The second-order valence-electron chi connectivity index (χ2n) is 5.98. The van der Waals surface area contributed by atoms with Crippen molar-refractivity contribution in [1.82, 2.24) is 9.21 Å². The van der Waals surface area contributed by atoms with E-state index in [1.807, 2.05) is 20.8 Å². The summed E-state index contributed by atoms with van der Waals surface area (Å²) in [6.45, 7) is 6.38. The number of hydrogen-bond donors (Lipinski definition) is 0. The fourth-order valence-electron chi connectivity index (χ4n) is 2.04. The zero-order valence-electron chi connectivity index (χ0n) is 12.3. The first-order valence-electron chi connectivity index (χ1n) is 6.41. The Labute approximate surface area is 115 Å². The molecular formula is C12H24N2O4S. The van der Waals surface area contributed by atoms with Crippen LogP contribution < -0.4 is 0 Å². The summed E-state index contributed by atoms with van der Waals surface area (Å²) in [5, 5.41) is 0. The fourth-order valence-corrected chi connectivity index (χ4v) is 2.92. The first kappa shape index (κ1) is 16.2. The number of ether oxygens (including phenoxy) is 1. The molecule has 19 heavy (non-hydrogen) atoms. The van der Waals surface area contributed by atoms with Gasteiger partial charge in [0.1, 0.15) is 5.60 Å². The van der Waals surface area contributed by atoms with Gasteiger partial charge in [-0.3, -0.25) is 0 Å². The molecule has 0 aromatic heterocycles. The maximum absolute atomic E-state index is 11.9. The summed E-state index contributed by atoms with van der Waals surface area (Å²) >= 11 is 0. The summed E-state index contributed by atoms with van der Waals surface area (Å²) < 4.78 is 29.6. The van der Waals surface area contributed by atoms with Crippen LogP contribution in [0.3, 0.4) is 0 Å². The molecule has 112 valence electrons. The summed E-state index contributed by atoms with van der Waals surface area (Å²) in [5.41, 5.74) is -0.515. The van der Waals surface area contributed by atoms with Crippen LogP contribution in [0.2, 0.25) is 0 Å². The summed E-state index contributed by atoms with van der Waals surface area (Å²) in [6.07, 6.45) is 2.14. The Morgan fingerprint density at radius 3 is 2.11 bits per heavy atom. The number of hydrogen-bond acceptors (Lipinski definition) is 4. The third kappa shape index (κ3) is 4.99. The van der Waals surface area contributed by atoms with Crippen LogP contribution in [0.1, 0.15) is 33.6 Å². The lowest BCUT2D eigenvalue weighted by Crippen LogP contribution is -2.48. The van der Waals surface area contributed by atoms with E-state index in [0.29, 0.717) is 25.9 Å². The number of nitrogens with zero attached hydrogens (tertiary/aromatic N) is 2. The highest BCUT2D eigenvalue weighted by atomic mass is 32.2. The van der Waals surface area contributed by atoms with Crippen molar-refractivity contribution in [2.24, 2.45) is 0 Å². The Balaban J connectivity index is 2.54. The van der Waals surface area contributed by atoms with Gasteiger partial charge in [0.2, 0.25) is 10.0 Å². The average molecular weight is 292 g/mol. The van der Waals surface area contributed by atoms with E-state index in [0.717, 1.165) is 0 Å². The monoisotopic (exact) mass is 292 g/mol. The molecule has 0 unspecified atom stereocenters. The maximum atomic E-state index is 11.9. The highest BCUT2D eigenvalue weighted by molar-refractivity contribution is 7.88. The first-order chi connectivity index (χ1) is 8.50. The summed E-state index contributed by atoms with van der Waals surface area (Å²) in [4.78, 5) is 13.5. The van der Waals surface area contributed by atoms with Gasteiger partial charge in [0.05, 0.1) is 6.26 Å². The highest BCUT2D eigenvalue weighted by Gasteiger charge is 2.30. The molecule has 1 fully saturated rings. The van der Waals surface area contributed by atoms with Crippen molar-refractivity contribution < 1.29 is 17.9 Å². The lowest BCUT2D eigenvalue weighted by atomic mass is 10.1. The number of carbonyl (C=O) groups is 1. The first-order valence-corrected chi connectivity index (χ1v) is 8.26. The maximum Gasteiger partial charge on any atom is 0.410 e. The number of carbonyl (C=O) groups excluding carboxylic acids is 1. The number of amides is 1. The van der Waals surface area contributed by atoms with E-state index in [2.05, 4.69) is 0 Å². The molecule has 0 saturated carbocycles. The van der Waals surface area contributed by atoms with Crippen LogP contribution in [0.5, 0.6) is 0 Å². The molecule has 0 N–H and O–H groups in total. The number of piperidine rings is 1. The standard InChI is InChI=1S/C12H24N2O4S/c1-12(2,3)18-11(15)13(4)10-6-8-14(9-7-10)19(5,16)17/h10H,6-9H2,1-5H3. The molecule has 0 radical (unpaired) electrons. The van der Waals surface area contributed by atoms with Crippen molar-refractivity contribution in [3.63, 3.8) is 0 Å². The second kappa shape index (κ2) is 5.66. The van der Waals surface area contributed by atoms with Crippen molar-refractivity contribution in [2.45, 2.75) is 45.3 Å². The molecule has 0 aliphatic carbocycles. The second-order valence-corrected chi connectivity index (χ2v) is 7.97. The minimum absolute atomic E-state index is 0.0350. The molecule has 0 aromatic carbocycles. The quantitative estimate of drug-likeness (QED) is 0.769. The molecule has 0 bridgehead atoms. The van der Waals surface area contributed by atoms with Gasteiger partial charge in [-0.1, -0.05) is 0 Å². The molecule has 1 aliphatic heterocycles. The van der Waals surface area contributed by atoms with Gasteiger partial charge in [-0.2, -0.15) is 0 Å². The molecule has 0 aromatic rings. The minimum Gasteiger partial charge on any atom is -0.444 e. The highest BCUT2D eigenvalue weighted by Crippen LogP contribution is 2.19. The van der Waals surface area contributed by atoms with Crippen LogP contribution in [0, 0.1) is 0 Å². The van der Waals surface area contributed by atoms with Gasteiger partial charge in [-0.25, -0.2) is 17.5 Å². The van der Waals surface area contributed by atoms with Crippen molar-refractivity contribution in [2.75, 3.05) is 26.4 Å². The molecule has 0 atom stereocenters. The van der Waals surface area contributed by atoms with Crippen LogP contribution in [0.25, 0.3) is 0 Å². The predicted molar refractivity (Wildman–Crippen MR) is 73.4 cm³/mol. The van der Waals surface area contributed by atoms with Crippen LogP contribution in [0.4, 0.5) is 4.79 Å². The summed E-state index contributed by atoms with van der Waals surface area (Å²) in [7, 11) is -1.42. The molecule has 7 heteroatoms. The molecule has 1 heterocycles. The molecule has 1 amide bonds. The molecular weight excluding hydrogens is 268 g/mol. The lowest BCUT2D eigenvalue weighted by Gasteiger charge is -2.36. The predicted octanol–water partition coefficient (Wildman–Crippen LogP) is 1.28. The Bertz CT molecular complexity index is 420. The van der Waals surface area contributed by atoms with E-state index in [1.165, 1.54) is 10.6 Å². The van der Waals surface area contributed by atoms with Gasteiger partial charge < -0.3 is 9.64 Å². The van der Waals surface area contributed by atoms with Crippen LogP contribution in [-0.4, -0.2) is 61.8 Å². The van der Waals surface area contributed by atoms with Gasteiger partial charge in [0.15, 0.2) is 0 Å². The van der Waals surface area contributed by atoms with Crippen LogP contribution >= 0.6 is 0 Å². The van der Waals surface area contributed by atoms with Crippen molar-refractivity contribution >= 4 is 16.1 Å². The van der Waals surface area contributed by atoms with E-state index < -0.39 is 15.6 Å². The van der Waals surface area contributed by atoms with Gasteiger partial charge in [-0.05, 0) is 33.6 Å². The average Bonchev–Trinajstić information content (AvgIpc) is 2.24. The molecule has 0 spiro atoms. The summed E-state index contributed by atoms with van der Waals surface area (Å²) in [6, 6.07) is 0.0350. The topological polar surface area (TPSA) is 66.9 Å². The minimum atomic E-state index is -3.13. The molecule has 1 aliphatic rings. The molecule has 1 rings (SSSR count). The third-order valence-corrected chi connectivity index (χ3v) is 4.42. The molecule has 6 nitrogen and oxygen atoms in total. The largest absolute Gasteiger partial charge is 0.444 e. The van der Waals surface area contributed by atoms with Gasteiger partial charge in [0.25, 0.3) is 0 Å². The van der Waals surface area contributed by atoms with E-state index in [4.69, 9.17) is 4.74 Å². The number of rotatable bonds is 2.